The molecule has 4 amide bonds. The van der Waals surface area contributed by atoms with Gasteiger partial charge in [0, 0.05) is 38.9 Å². The molecule has 0 heterocycles. The Labute approximate surface area is 245 Å². The molecule has 0 aromatic heterocycles. The van der Waals surface area contributed by atoms with Crippen molar-refractivity contribution in [1.82, 2.24) is 21.3 Å². The van der Waals surface area contributed by atoms with Crippen LogP contribution in [0.3, 0.4) is 0 Å². The summed E-state index contributed by atoms with van der Waals surface area (Å²) in [4.78, 5) is 49.1. The first-order valence-electron chi connectivity index (χ1n) is 16.5. The summed E-state index contributed by atoms with van der Waals surface area (Å²) >= 11 is 0. The first kappa shape index (κ1) is 37.9. The molecule has 8 heteroatoms. The zero-order valence-electron chi connectivity index (χ0n) is 26.2. The van der Waals surface area contributed by atoms with Gasteiger partial charge in [-0.15, -0.1) is 0 Å². The number of carbonyl (C=O) groups is 4. The fourth-order valence-corrected chi connectivity index (χ4v) is 4.64. The molecule has 0 bridgehead atoms. The molecule has 0 radical (unpaired) electrons. The lowest BCUT2D eigenvalue weighted by Crippen LogP contribution is -2.48. The van der Waals surface area contributed by atoms with Gasteiger partial charge in [-0.25, -0.2) is 0 Å². The lowest BCUT2D eigenvalue weighted by molar-refractivity contribution is -0.129. The predicted molar refractivity (Wildman–Crippen MR) is 165 cm³/mol. The Balaban J connectivity index is 4.35. The molecule has 0 rings (SSSR count). The van der Waals surface area contributed by atoms with Gasteiger partial charge in [0.2, 0.25) is 23.6 Å². The predicted octanol–water partition coefficient (Wildman–Crippen LogP) is 6.07. The van der Waals surface area contributed by atoms with Crippen molar-refractivity contribution >= 4 is 23.6 Å². The van der Waals surface area contributed by atoms with E-state index < -0.39 is 6.04 Å². The standard InChI is InChI=1S/C32H62N4O4/c1-4-7-9-11-13-15-17-23-30(38)33-25-20-19-22-28(32(40)35-27-26-34-29(37)21-6-3)36-31(39)24-18-16-14-12-10-8-5-2/h28H,4-27H2,1-3H3,(H,33,38)(H,34,37)(H,35,40)(H,36,39). The van der Waals surface area contributed by atoms with Crippen LogP contribution in [0.25, 0.3) is 0 Å². The van der Waals surface area contributed by atoms with E-state index in [0.29, 0.717) is 45.3 Å². The second-order valence-electron chi connectivity index (χ2n) is 11.1. The SMILES string of the molecule is CCCCCCCCCC(=O)NCCCCC(NC(=O)CCCCCCCCC)C(=O)NCCNC(=O)CCC. The van der Waals surface area contributed by atoms with Gasteiger partial charge in [-0.2, -0.15) is 0 Å². The van der Waals surface area contributed by atoms with Crippen molar-refractivity contribution in [2.45, 2.75) is 162 Å². The molecule has 0 aliphatic carbocycles. The lowest BCUT2D eigenvalue weighted by Gasteiger charge is -2.19. The first-order valence-corrected chi connectivity index (χ1v) is 16.5. The smallest absolute Gasteiger partial charge is 0.242 e. The largest absolute Gasteiger partial charge is 0.356 e. The van der Waals surface area contributed by atoms with Crippen molar-refractivity contribution in [3.05, 3.63) is 0 Å². The molecule has 4 N–H and O–H groups in total. The molecule has 0 aliphatic rings. The number of rotatable bonds is 28. The summed E-state index contributed by atoms with van der Waals surface area (Å²) in [6, 6.07) is -0.605. The molecule has 0 aromatic carbocycles. The van der Waals surface area contributed by atoms with E-state index >= 15 is 0 Å². The highest BCUT2D eigenvalue weighted by atomic mass is 16.2. The Hall–Kier alpha value is -2.12. The van der Waals surface area contributed by atoms with Crippen LogP contribution in [0.5, 0.6) is 0 Å². The molecule has 0 aromatic rings. The maximum absolute atomic E-state index is 12.8. The number of hydrogen-bond donors (Lipinski definition) is 4. The molecule has 0 fully saturated rings. The van der Waals surface area contributed by atoms with E-state index in [4.69, 9.17) is 0 Å². The van der Waals surface area contributed by atoms with Crippen molar-refractivity contribution in [1.29, 1.82) is 0 Å². The van der Waals surface area contributed by atoms with Crippen LogP contribution < -0.4 is 21.3 Å². The third kappa shape index (κ3) is 24.9. The molecule has 0 aliphatic heterocycles. The summed E-state index contributed by atoms with van der Waals surface area (Å²) in [5.41, 5.74) is 0. The van der Waals surface area contributed by atoms with Gasteiger partial charge in [0.1, 0.15) is 6.04 Å². The van der Waals surface area contributed by atoms with Gasteiger partial charge in [-0.05, 0) is 38.5 Å². The van der Waals surface area contributed by atoms with Gasteiger partial charge >= 0.3 is 0 Å². The molecule has 8 nitrogen and oxygen atoms in total. The first-order chi connectivity index (χ1) is 19.4. The second-order valence-corrected chi connectivity index (χ2v) is 11.1. The van der Waals surface area contributed by atoms with E-state index in [9.17, 15) is 19.2 Å². The maximum Gasteiger partial charge on any atom is 0.242 e. The number of carbonyl (C=O) groups excluding carboxylic acids is 4. The highest BCUT2D eigenvalue weighted by Gasteiger charge is 2.20. The second kappa shape index (κ2) is 28.4. The van der Waals surface area contributed by atoms with Crippen LogP contribution in [0, 0.1) is 0 Å². The minimum atomic E-state index is -0.605. The van der Waals surface area contributed by atoms with E-state index in [1.807, 2.05) is 6.92 Å². The van der Waals surface area contributed by atoms with Gasteiger partial charge in [0.25, 0.3) is 0 Å². The van der Waals surface area contributed by atoms with Crippen LogP contribution in [-0.2, 0) is 19.2 Å². The Morgan fingerprint density at radius 3 is 1.50 bits per heavy atom. The normalized spacial score (nSPS) is 11.6. The third-order valence-electron chi connectivity index (χ3n) is 7.13. The summed E-state index contributed by atoms with van der Waals surface area (Å²) in [7, 11) is 0. The van der Waals surface area contributed by atoms with Crippen molar-refractivity contribution in [2.24, 2.45) is 0 Å². The fourth-order valence-electron chi connectivity index (χ4n) is 4.64. The third-order valence-corrected chi connectivity index (χ3v) is 7.13. The van der Waals surface area contributed by atoms with Crippen molar-refractivity contribution < 1.29 is 19.2 Å². The zero-order valence-corrected chi connectivity index (χ0v) is 26.2. The Morgan fingerprint density at radius 1 is 0.450 bits per heavy atom. The average molecular weight is 567 g/mol. The van der Waals surface area contributed by atoms with Crippen LogP contribution in [-0.4, -0.2) is 49.3 Å². The quantitative estimate of drug-likeness (QED) is 0.0860. The van der Waals surface area contributed by atoms with Crippen LogP contribution in [0.15, 0.2) is 0 Å². The summed E-state index contributed by atoms with van der Waals surface area (Å²) in [5, 5.41) is 11.5. The number of unbranched alkanes of at least 4 members (excludes halogenated alkanes) is 13. The van der Waals surface area contributed by atoms with Gasteiger partial charge < -0.3 is 21.3 Å². The van der Waals surface area contributed by atoms with Crippen molar-refractivity contribution in [3.8, 4) is 0 Å². The molecule has 234 valence electrons. The number of hydrogen-bond acceptors (Lipinski definition) is 4. The number of amides is 4. The Morgan fingerprint density at radius 2 is 0.925 bits per heavy atom. The topological polar surface area (TPSA) is 116 Å². The summed E-state index contributed by atoms with van der Waals surface area (Å²) in [6.45, 7) is 7.64. The molecule has 1 unspecified atom stereocenters. The molecule has 1 atom stereocenters. The number of nitrogens with one attached hydrogen (secondary N) is 4. The molecule has 0 saturated heterocycles. The van der Waals surface area contributed by atoms with E-state index in [1.165, 1.54) is 57.8 Å². The minimum Gasteiger partial charge on any atom is -0.356 e. The van der Waals surface area contributed by atoms with E-state index in [0.717, 1.165) is 51.4 Å². The summed E-state index contributed by atoms with van der Waals surface area (Å²) in [5.74, 6) is -0.241. The van der Waals surface area contributed by atoms with Gasteiger partial charge in [-0.3, -0.25) is 19.2 Å². The minimum absolute atomic E-state index is 0.0229. The Bertz CT molecular complexity index is 657. The van der Waals surface area contributed by atoms with Crippen LogP contribution in [0.4, 0.5) is 0 Å². The highest BCUT2D eigenvalue weighted by molar-refractivity contribution is 5.87. The van der Waals surface area contributed by atoms with E-state index in [1.54, 1.807) is 0 Å². The van der Waals surface area contributed by atoms with E-state index in [2.05, 4.69) is 35.1 Å². The highest BCUT2D eigenvalue weighted by Crippen LogP contribution is 2.10. The average Bonchev–Trinajstić information content (AvgIpc) is 2.93. The molecular weight excluding hydrogens is 504 g/mol. The fraction of sp³-hybridized carbons (Fsp3) is 0.875. The molecule has 40 heavy (non-hydrogen) atoms. The molecule has 0 saturated carbocycles. The molecular formula is C32H62N4O4. The summed E-state index contributed by atoms with van der Waals surface area (Å²) < 4.78 is 0. The van der Waals surface area contributed by atoms with Crippen molar-refractivity contribution in [3.63, 3.8) is 0 Å². The van der Waals surface area contributed by atoms with Crippen LogP contribution in [0.1, 0.15) is 156 Å². The maximum atomic E-state index is 12.8. The van der Waals surface area contributed by atoms with Gasteiger partial charge in [0.15, 0.2) is 0 Å². The van der Waals surface area contributed by atoms with Gasteiger partial charge in [-0.1, -0.05) is 97.8 Å². The van der Waals surface area contributed by atoms with Crippen molar-refractivity contribution in [2.75, 3.05) is 19.6 Å². The lowest BCUT2D eigenvalue weighted by atomic mass is 10.1. The van der Waals surface area contributed by atoms with Gasteiger partial charge in [0.05, 0.1) is 0 Å². The van der Waals surface area contributed by atoms with E-state index in [-0.39, 0.29) is 23.6 Å². The van der Waals surface area contributed by atoms with Crippen LogP contribution >= 0.6 is 0 Å². The zero-order chi connectivity index (χ0) is 29.7. The van der Waals surface area contributed by atoms with Crippen LogP contribution in [0.2, 0.25) is 0 Å². The summed E-state index contributed by atoms with van der Waals surface area (Å²) in [6.07, 6.45) is 20.6. The monoisotopic (exact) mass is 566 g/mol. The molecule has 0 spiro atoms. The Kier molecular flexibility index (Phi) is 26.9.